The molecule has 0 unspecified atom stereocenters. The summed E-state index contributed by atoms with van der Waals surface area (Å²) >= 11 is 7.38. The monoisotopic (exact) mass is 368 g/mol. The molecule has 130 valence electrons. The summed E-state index contributed by atoms with van der Waals surface area (Å²) in [5.74, 6) is 1.42. The van der Waals surface area contributed by atoms with Gasteiger partial charge in [0.25, 0.3) is 5.24 Å². The van der Waals surface area contributed by atoms with Gasteiger partial charge in [0.15, 0.2) is 0 Å². The predicted octanol–water partition coefficient (Wildman–Crippen LogP) is 1.43. The van der Waals surface area contributed by atoms with Gasteiger partial charge in [-0.25, -0.2) is 0 Å². The van der Waals surface area contributed by atoms with E-state index < -0.39 is 11.3 Å². The zero-order valence-corrected chi connectivity index (χ0v) is 15.2. The van der Waals surface area contributed by atoms with Crippen molar-refractivity contribution in [3.63, 3.8) is 0 Å². The molecule has 2 atom stereocenters. The number of nitrogens with two attached hydrogens (primary N) is 1. The van der Waals surface area contributed by atoms with Crippen LogP contribution in [0.1, 0.15) is 19.3 Å². The molecule has 5 rings (SSSR count). The number of hydrogen-bond donors (Lipinski definition) is 1. The highest BCUT2D eigenvalue weighted by molar-refractivity contribution is 8.00. The van der Waals surface area contributed by atoms with Crippen molar-refractivity contribution < 1.29 is 14.1 Å². The summed E-state index contributed by atoms with van der Waals surface area (Å²) in [6.45, 7) is 4.81. The van der Waals surface area contributed by atoms with Crippen LogP contribution in [0.2, 0.25) is 0 Å². The molecule has 0 spiro atoms. The zero-order chi connectivity index (χ0) is 16.9. The number of quaternary nitrogens is 1. The molecule has 5 aliphatic heterocycles. The maximum atomic E-state index is 12.0. The number of halogens is 1. The van der Waals surface area contributed by atoms with Gasteiger partial charge in [-0.2, -0.15) is 0 Å². The van der Waals surface area contributed by atoms with E-state index in [-0.39, 0.29) is 11.3 Å². The molecule has 4 saturated heterocycles. The van der Waals surface area contributed by atoms with Gasteiger partial charge in [0.2, 0.25) is 5.91 Å². The summed E-state index contributed by atoms with van der Waals surface area (Å²) in [4.78, 5) is 25.3. The quantitative estimate of drug-likeness (QED) is 0.463. The zero-order valence-electron chi connectivity index (χ0n) is 13.6. The minimum atomic E-state index is -0.564. The number of thioether (sulfide) groups is 1. The van der Waals surface area contributed by atoms with Crippen molar-refractivity contribution in [1.82, 2.24) is 4.90 Å². The van der Waals surface area contributed by atoms with E-state index in [2.05, 4.69) is 6.08 Å². The molecule has 2 N–H and O–H groups in total. The number of piperidine rings is 3. The molecule has 5 heterocycles. The summed E-state index contributed by atoms with van der Waals surface area (Å²) in [5.41, 5.74) is 7.00. The highest BCUT2D eigenvalue weighted by Crippen LogP contribution is 2.40. The number of rotatable bonds is 4. The van der Waals surface area contributed by atoms with Gasteiger partial charge in [0, 0.05) is 5.75 Å². The van der Waals surface area contributed by atoms with Crippen molar-refractivity contribution in [3.05, 3.63) is 23.4 Å². The predicted molar refractivity (Wildman–Crippen MR) is 95.2 cm³/mol. The first-order chi connectivity index (χ1) is 11.5. The molecule has 0 aliphatic carbocycles. The van der Waals surface area contributed by atoms with Crippen LogP contribution in [0.3, 0.4) is 0 Å². The van der Waals surface area contributed by atoms with Gasteiger partial charge >= 0.3 is 0 Å². The van der Waals surface area contributed by atoms with Crippen LogP contribution in [0.25, 0.3) is 0 Å². The van der Waals surface area contributed by atoms with Crippen molar-refractivity contribution in [3.8, 4) is 0 Å². The molecule has 0 aromatic heterocycles. The van der Waals surface area contributed by atoms with Gasteiger partial charge in [-0.15, -0.1) is 11.8 Å². The number of nitrogens with zero attached hydrogens (tertiary/aromatic N) is 2. The van der Waals surface area contributed by atoms with Crippen molar-refractivity contribution in [1.29, 1.82) is 0 Å². The summed E-state index contributed by atoms with van der Waals surface area (Å²) in [7, 11) is 0. The minimum Gasteiger partial charge on any atom is -0.320 e. The molecule has 7 heteroatoms. The van der Waals surface area contributed by atoms with Crippen molar-refractivity contribution >= 4 is 34.5 Å². The van der Waals surface area contributed by atoms with E-state index in [9.17, 15) is 9.59 Å². The molecule has 0 saturated carbocycles. The maximum Gasteiger partial charge on any atom is 0.269 e. The molecular formula is C17H23ClN3O2S+. The van der Waals surface area contributed by atoms with Gasteiger partial charge < -0.3 is 10.2 Å². The van der Waals surface area contributed by atoms with Crippen molar-refractivity contribution in [2.75, 3.05) is 31.9 Å². The standard InChI is InChI=1S/C17H23ClN3O2S/c18-15(22)14-12(10-24-17-13(19)16(23)20(14)17)2-1-6-21-7-3-11(4-8-21)5-9-21/h1-2,11,13,17H,3-10,19H2/q+1/t11?,13-,17-,21?/m1/s1. The Hall–Kier alpha value is -0.820. The number of allylic oxidation sites excluding steroid dienone is 2. The molecule has 0 radical (unpaired) electrons. The van der Waals surface area contributed by atoms with Crippen LogP contribution in [0, 0.1) is 5.92 Å². The molecule has 5 nitrogen and oxygen atoms in total. The lowest BCUT2D eigenvalue weighted by Gasteiger charge is -2.49. The molecule has 0 aromatic carbocycles. The van der Waals surface area contributed by atoms with E-state index in [1.165, 1.54) is 48.3 Å². The lowest BCUT2D eigenvalue weighted by atomic mass is 9.86. The molecule has 0 aromatic rings. The lowest BCUT2D eigenvalue weighted by molar-refractivity contribution is -0.937. The second-order valence-electron chi connectivity index (χ2n) is 7.41. The van der Waals surface area contributed by atoms with E-state index in [4.69, 9.17) is 17.3 Å². The Morgan fingerprint density at radius 3 is 2.62 bits per heavy atom. The Balaban J connectivity index is 1.51. The summed E-state index contributed by atoms with van der Waals surface area (Å²) in [5, 5.41) is -0.707. The normalized spacial score (nSPS) is 38.5. The first-order valence-corrected chi connectivity index (χ1v) is 10.1. The second-order valence-corrected chi connectivity index (χ2v) is 8.86. The van der Waals surface area contributed by atoms with E-state index in [0.29, 0.717) is 11.4 Å². The van der Waals surface area contributed by atoms with Crippen LogP contribution in [-0.2, 0) is 9.59 Å². The average molecular weight is 369 g/mol. The third kappa shape index (κ3) is 2.64. The molecule has 5 aliphatic rings. The number of carbonyl (C=O) groups excluding carboxylic acids is 2. The fourth-order valence-corrected chi connectivity index (χ4v) is 5.96. The van der Waals surface area contributed by atoms with E-state index in [0.717, 1.165) is 18.0 Å². The summed E-state index contributed by atoms with van der Waals surface area (Å²) < 4.78 is 1.17. The molecule has 2 bridgehead atoms. The SMILES string of the molecule is N[C@@H]1C(=O)N2C(C(=O)Cl)=C(C=CC[N+]34CCC(CC3)CC4)CS[C@H]12. The Morgan fingerprint density at radius 1 is 1.33 bits per heavy atom. The van der Waals surface area contributed by atoms with E-state index >= 15 is 0 Å². The first kappa shape index (κ1) is 16.6. The van der Waals surface area contributed by atoms with Crippen LogP contribution >= 0.6 is 23.4 Å². The highest BCUT2D eigenvalue weighted by atomic mass is 35.5. The average Bonchev–Trinajstić information content (AvgIpc) is 2.61. The third-order valence-corrected chi connectivity index (χ3v) is 7.57. The first-order valence-electron chi connectivity index (χ1n) is 8.66. The van der Waals surface area contributed by atoms with Crippen LogP contribution < -0.4 is 5.73 Å². The molecular weight excluding hydrogens is 346 g/mol. The van der Waals surface area contributed by atoms with Crippen molar-refractivity contribution in [2.45, 2.75) is 30.7 Å². The van der Waals surface area contributed by atoms with E-state index in [1.54, 1.807) is 11.8 Å². The number of fused-ring (bicyclic) bond motifs is 4. The van der Waals surface area contributed by atoms with Gasteiger partial charge in [0.1, 0.15) is 17.1 Å². The fraction of sp³-hybridized carbons (Fsp3) is 0.647. The molecule has 24 heavy (non-hydrogen) atoms. The Bertz CT molecular complexity index is 626. The van der Waals surface area contributed by atoms with Crippen LogP contribution in [0.15, 0.2) is 23.4 Å². The molecule has 4 fully saturated rings. The Kier molecular flexibility index (Phi) is 4.27. The molecule has 1 amide bonds. The second kappa shape index (κ2) is 6.16. The number of hydrogen-bond acceptors (Lipinski definition) is 4. The smallest absolute Gasteiger partial charge is 0.269 e. The Morgan fingerprint density at radius 2 is 2.00 bits per heavy atom. The maximum absolute atomic E-state index is 12.0. The largest absolute Gasteiger partial charge is 0.320 e. The number of carbonyl (C=O) groups is 2. The summed E-state index contributed by atoms with van der Waals surface area (Å²) in [6.07, 6.45) is 8.22. The fourth-order valence-electron chi connectivity index (χ4n) is 4.48. The summed E-state index contributed by atoms with van der Waals surface area (Å²) in [6, 6.07) is -0.514. The number of amides is 1. The van der Waals surface area contributed by atoms with Gasteiger partial charge in [-0.05, 0) is 48.4 Å². The highest BCUT2D eigenvalue weighted by Gasteiger charge is 2.51. The van der Waals surface area contributed by atoms with Crippen molar-refractivity contribution in [2.24, 2.45) is 11.7 Å². The van der Waals surface area contributed by atoms with E-state index in [1.807, 2.05) is 6.08 Å². The van der Waals surface area contributed by atoms with Crippen LogP contribution in [0.4, 0.5) is 0 Å². The van der Waals surface area contributed by atoms with Crippen LogP contribution in [0.5, 0.6) is 0 Å². The minimum absolute atomic E-state index is 0.143. The number of β-lactam (4-membered cyclic amide) rings is 1. The topological polar surface area (TPSA) is 63.4 Å². The van der Waals surface area contributed by atoms with Gasteiger partial charge in [0.05, 0.1) is 26.2 Å². The Labute approximate surface area is 151 Å². The van der Waals surface area contributed by atoms with Gasteiger partial charge in [-0.1, -0.05) is 6.08 Å². The lowest BCUT2D eigenvalue weighted by Crippen LogP contribution is -2.68. The van der Waals surface area contributed by atoms with Gasteiger partial charge in [-0.3, -0.25) is 14.5 Å². The van der Waals surface area contributed by atoms with Crippen LogP contribution in [-0.4, -0.2) is 63.9 Å². The third-order valence-electron chi connectivity index (χ3n) is 6.07.